The zero-order valence-corrected chi connectivity index (χ0v) is 17.4. The molecule has 2 aliphatic rings. The maximum absolute atomic E-state index is 13.1. The number of para-hydroxylation sites is 1. The Labute approximate surface area is 180 Å². The molecule has 2 heterocycles. The lowest BCUT2D eigenvalue weighted by Gasteiger charge is -2.29. The van der Waals surface area contributed by atoms with Crippen molar-refractivity contribution in [3.63, 3.8) is 0 Å². The molecule has 162 valence electrons. The van der Waals surface area contributed by atoms with E-state index in [-0.39, 0.29) is 19.4 Å². The van der Waals surface area contributed by atoms with Gasteiger partial charge < -0.3 is 29.6 Å². The molecule has 0 fully saturated rings. The summed E-state index contributed by atoms with van der Waals surface area (Å²) in [4.78, 5) is 25.2. The first-order valence-electron chi connectivity index (χ1n) is 10.1. The maximum Gasteiger partial charge on any atom is 0.338 e. The van der Waals surface area contributed by atoms with Gasteiger partial charge in [-0.3, -0.25) is 0 Å². The van der Waals surface area contributed by atoms with Gasteiger partial charge in [-0.2, -0.15) is 0 Å². The first-order chi connectivity index (χ1) is 15.1. The number of carbonyl (C=O) groups is 2. The normalized spacial score (nSPS) is 17.1. The summed E-state index contributed by atoms with van der Waals surface area (Å²) in [5.74, 6) is 1.37. The van der Waals surface area contributed by atoms with Crippen molar-refractivity contribution in [2.24, 2.45) is 0 Å². The molecule has 0 spiro atoms. The number of ether oxygens (including phenoxy) is 4. The van der Waals surface area contributed by atoms with Crippen molar-refractivity contribution in [1.82, 2.24) is 10.6 Å². The average Bonchev–Trinajstić information content (AvgIpc) is 3.23. The van der Waals surface area contributed by atoms with Crippen molar-refractivity contribution in [2.45, 2.75) is 32.9 Å². The fourth-order valence-electron chi connectivity index (χ4n) is 3.52. The van der Waals surface area contributed by atoms with Gasteiger partial charge in [0, 0.05) is 11.3 Å². The fourth-order valence-corrected chi connectivity index (χ4v) is 3.52. The third kappa shape index (κ3) is 4.42. The fraction of sp³-hybridized carbons (Fsp3) is 0.304. The van der Waals surface area contributed by atoms with Gasteiger partial charge in [0.1, 0.15) is 12.4 Å². The third-order valence-electron chi connectivity index (χ3n) is 4.99. The molecule has 2 aromatic carbocycles. The Morgan fingerprint density at radius 1 is 1.16 bits per heavy atom. The average molecular weight is 424 g/mol. The molecule has 0 aromatic heterocycles. The molecule has 0 unspecified atom stereocenters. The number of hydrogen-bond acceptors (Lipinski definition) is 6. The van der Waals surface area contributed by atoms with Gasteiger partial charge >= 0.3 is 12.0 Å². The van der Waals surface area contributed by atoms with Crippen LogP contribution in [-0.4, -0.2) is 25.4 Å². The monoisotopic (exact) mass is 424 g/mol. The Morgan fingerprint density at radius 2 is 1.97 bits per heavy atom. The number of benzene rings is 2. The zero-order chi connectivity index (χ0) is 21.8. The summed E-state index contributed by atoms with van der Waals surface area (Å²) >= 11 is 0. The number of esters is 1. The van der Waals surface area contributed by atoms with Gasteiger partial charge in [-0.25, -0.2) is 9.59 Å². The first kappa shape index (κ1) is 20.6. The van der Waals surface area contributed by atoms with E-state index in [1.54, 1.807) is 19.1 Å². The van der Waals surface area contributed by atoms with Crippen LogP contribution in [0.1, 0.15) is 37.4 Å². The highest BCUT2D eigenvalue weighted by atomic mass is 16.7. The Kier molecular flexibility index (Phi) is 5.97. The molecule has 8 heteroatoms. The summed E-state index contributed by atoms with van der Waals surface area (Å²) in [6.07, 6.45) is 0.839. The first-order valence-corrected chi connectivity index (χ1v) is 10.1. The Bertz CT molecular complexity index is 1030. The standard InChI is InChI=1S/C23H24N2O6/c1-3-10-28-17-7-5-4-6-16(17)21-20(14(2)24-23(27)25-21)22(26)29-12-15-8-9-18-19(11-15)31-13-30-18/h4-9,11,21H,3,10,12-13H2,1-2H3,(H2,24,25,27)/t21-/m1/s1. The van der Waals surface area contributed by atoms with E-state index in [0.717, 1.165) is 12.0 Å². The molecular weight excluding hydrogens is 400 g/mol. The highest BCUT2D eigenvalue weighted by Gasteiger charge is 2.34. The van der Waals surface area contributed by atoms with Crippen LogP contribution in [0.3, 0.4) is 0 Å². The van der Waals surface area contributed by atoms with Crippen molar-refractivity contribution in [1.29, 1.82) is 0 Å². The molecule has 4 rings (SSSR count). The zero-order valence-electron chi connectivity index (χ0n) is 17.4. The predicted molar refractivity (Wildman–Crippen MR) is 112 cm³/mol. The van der Waals surface area contributed by atoms with E-state index in [0.29, 0.717) is 40.7 Å². The molecule has 0 aliphatic carbocycles. The number of nitrogens with one attached hydrogen (secondary N) is 2. The largest absolute Gasteiger partial charge is 0.493 e. The van der Waals surface area contributed by atoms with Gasteiger partial charge in [0.15, 0.2) is 11.5 Å². The SMILES string of the molecule is CCCOc1ccccc1[C@H]1NC(=O)NC(C)=C1C(=O)OCc1ccc2c(c1)OCO2. The molecule has 2 aromatic rings. The summed E-state index contributed by atoms with van der Waals surface area (Å²) in [7, 11) is 0. The van der Waals surface area contributed by atoms with Crippen molar-refractivity contribution < 1.29 is 28.5 Å². The van der Waals surface area contributed by atoms with Crippen LogP contribution in [0.25, 0.3) is 0 Å². The summed E-state index contributed by atoms with van der Waals surface area (Å²) in [6.45, 7) is 4.46. The molecule has 2 N–H and O–H groups in total. The highest BCUT2D eigenvalue weighted by Crippen LogP contribution is 2.35. The van der Waals surface area contributed by atoms with E-state index in [2.05, 4.69) is 10.6 Å². The van der Waals surface area contributed by atoms with Crippen molar-refractivity contribution in [3.8, 4) is 17.2 Å². The lowest BCUT2D eigenvalue weighted by molar-refractivity contribution is -0.140. The number of fused-ring (bicyclic) bond motifs is 1. The van der Waals surface area contributed by atoms with E-state index in [1.165, 1.54) is 0 Å². The van der Waals surface area contributed by atoms with Crippen LogP contribution < -0.4 is 24.8 Å². The number of carbonyl (C=O) groups excluding carboxylic acids is 2. The topological polar surface area (TPSA) is 95.1 Å². The van der Waals surface area contributed by atoms with Crippen LogP contribution in [0.15, 0.2) is 53.7 Å². The summed E-state index contributed by atoms with van der Waals surface area (Å²) in [5.41, 5.74) is 2.23. The van der Waals surface area contributed by atoms with Crippen LogP contribution in [0.2, 0.25) is 0 Å². The number of amides is 2. The Hall–Kier alpha value is -3.68. The molecule has 0 radical (unpaired) electrons. The van der Waals surface area contributed by atoms with E-state index < -0.39 is 12.0 Å². The Balaban J connectivity index is 1.56. The number of hydrogen-bond donors (Lipinski definition) is 2. The summed E-state index contributed by atoms with van der Waals surface area (Å²) in [6, 6.07) is 11.6. The maximum atomic E-state index is 13.1. The molecule has 8 nitrogen and oxygen atoms in total. The van der Waals surface area contributed by atoms with Gasteiger partial charge in [0.2, 0.25) is 6.79 Å². The number of allylic oxidation sites excluding steroid dienone is 1. The molecule has 0 saturated heterocycles. The molecule has 2 amide bonds. The van der Waals surface area contributed by atoms with Crippen LogP contribution >= 0.6 is 0 Å². The highest BCUT2D eigenvalue weighted by molar-refractivity contribution is 5.95. The van der Waals surface area contributed by atoms with E-state index >= 15 is 0 Å². The predicted octanol–water partition coefficient (Wildman–Crippen LogP) is 3.58. The smallest absolute Gasteiger partial charge is 0.338 e. The molecule has 2 aliphatic heterocycles. The summed E-state index contributed by atoms with van der Waals surface area (Å²) < 4.78 is 22.1. The second-order valence-corrected chi connectivity index (χ2v) is 7.22. The molecular formula is C23H24N2O6. The number of rotatable bonds is 7. The van der Waals surface area contributed by atoms with Crippen molar-refractivity contribution in [2.75, 3.05) is 13.4 Å². The van der Waals surface area contributed by atoms with Crippen LogP contribution in [0.5, 0.6) is 17.2 Å². The van der Waals surface area contributed by atoms with Crippen LogP contribution in [-0.2, 0) is 16.1 Å². The molecule has 0 bridgehead atoms. The summed E-state index contributed by atoms with van der Waals surface area (Å²) in [5, 5.41) is 5.47. The third-order valence-corrected chi connectivity index (χ3v) is 4.99. The number of urea groups is 1. The minimum absolute atomic E-state index is 0.0564. The lowest BCUT2D eigenvalue weighted by Crippen LogP contribution is -2.45. The molecule has 31 heavy (non-hydrogen) atoms. The lowest BCUT2D eigenvalue weighted by atomic mass is 9.95. The van der Waals surface area contributed by atoms with Gasteiger partial charge in [0.25, 0.3) is 0 Å². The van der Waals surface area contributed by atoms with Gasteiger partial charge in [0.05, 0.1) is 18.2 Å². The van der Waals surface area contributed by atoms with Crippen molar-refractivity contribution in [3.05, 3.63) is 64.9 Å². The quantitative estimate of drug-likeness (QED) is 0.660. The van der Waals surface area contributed by atoms with E-state index in [4.69, 9.17) is 18.9 Å². The van der Waals surface area contributed by atoms with E-state index in [9.17, 15) is 9.59 Å². The van der Waals surface area contributed by atoms with Crippen LogP contribution in [0, 0.1) is 0 Å². The van der Waals surface area contributed by atoms with Crippen LogP contribution in [0.4, 0.5) is 4.79 Å². The second-order valence-electron chi connectivity index (χ2n) is 7.22. The second kappa shape index (κ2) is 8.99. The van der Waals surface area contributed by atoms with Crippen molar-refractivity contribution >= 4 is 12.0 Å². The van der Waals surface area contributed by atoms with E-state index in [1.807, 2.05) is 37.3 Å². The Morgan fingerprint density at radius 3 is 2.81 bits per heavy atom. The molecule has 0 saturated carbocycles. The van der Waals surface area contributed by atoms with Gasteiger partial charge in [-0.15, -0.1) is 0 Å². The minimum atomic E-state index is -0.689. The van der Waals surface area contributed by atoms with Gasteiger partial charge in [-0.05, 0) is 37.1 Å². The molecule has 1 atom stereocenters. The minimum Gasteiger partial charge on any atom is -0.493 e. The van der Waals surface area contributed by atoms with Gasteiger partial charge in [-0.1, -0.05) is 31.2 Å².